The second-order valence-electron chi connectivity index (χ2n) is 4.80. The zero-order valence-electron chi connectivity index (χ0n) is 12.4. The Hall–Kier alpha value is -2.67. The first-order chi connectivity index (χ1) is 10.5. The van der Waals surface area contributed by atoms with Crippen molar-refractivity contribution in [2.75, 3.05) is 13.2 Å². The fourth-order valence-electron chi connectivity index (χ4n) is 2.05. The molecule has 1 aromatic carbocycles. The summed E-state index contributed by atoms with van der Waals surface area (Å²) in [6, 6.07) is 6.84. The van der Waals surface area contributed by atoms with Gasteiger partial charge in [-0.25, -0.2) is 0 Å². The Bertz CT molecular complexity index is 707. The van der Waals surface area contributed by atoms with Gasteiger partial charge in [-0.05, 0) is 37.6 Å². The highest BCUT2D eigenvalue weighted by Gasteiger charge is 2.15. The van der Waals surface area contributed by atoms with Gasteiger partial charge in [0.05, 0.1) is 24.3 Å². The van der Waals surface area contributed by atoms with Gasteiger partial charge in [0.2, 0.25) is 0 Å². The zero-order valence-corrected chi connectivity index (χ0v) is 12.4. The summed E-state index contributed by atoms with van der Waals surface area (Å²) in [5.74, 6) is 1.18. The Labute approximate surface area is 127 Å². The van der Waals surface area contributed by atoms with Gasteiger partial charge >= 0.3 is 0 Å². The first-order valence-electron chi connectivity index (χ1n) is 6.75. The summed E-state index contributed by atoms with van der Waals surface area (Å²) in [4.78, 5) is 10.5. The maximum absolute atomic E-state index is 10.9. The Morgan fingerprint density at radius 2 is 2.14 bits per heavy atom. The molecule has 0 bridgehead atoms. The molecule has 2 rings (SSSR count). The van der Waals surface area contributed by atoms with Gasteiger partial charge in [-0.3, -0.25) is 10.1 Å². The molecule has 0 aliphatic rings. The lowest BCUT2D eigenvalue weighted by molar-refractivity contribution is -0.385. The standard InChI is InChI=1S/C15H17N3O4/c1-10-8-14(18(20)21)11(2)7-13(10)15-4-3-12(22-15)9-17-16-5-6-19/h3-4,7-9,16,19H,5-6H2,1-2H3/b17-9+. The van der Waals surface area contributed by atoms with E-state index in [0.29, 0.717) is 23.6 Å². The third-order valence-electron chi connectivity index (χ3n) is 3.14. The third-order valence-corrected chi connectivity index (χ3v) is 3.14. The number of nitro benzene ring substituents is 1. The molecule has 7 heteroatoms. The van der Waals surface area contributed by atoms with E-state index in [1.54, 1.807) is 38.1 Å². The average Bonchev–Trinajstić information content (AvgIpc) is 2.94. The second kappa shape index (κ2) is 6.86. The molecule has 0 aliphatic heterocycles. The van der Waals surface area contributed by atoms with E-state index in [2.05, 4.69) is 10.5 Å². The van der Waals surface area contributed by atoms with Crippen LogP contribution in [0.25, 0.3) is 11.3 Å². The van der Waals surface area contributed by atoms with Crippen molar-refractivity contribution in [3.63, 3.8) is 0 Å². The summed E-state index contributed by atoms with van der Waals surface area (Å²) in [7, 11) is 0. The fraction of sp³-hybridized carbons (Fsp3) is 0.267. The molecule has 116 valence electrons. The van der Waals surface area contributed by atoms with E-state index in [-0.39, 0.29) is 17.2 Å². The van der Waals surface area contributed by atoms with Crippen LogP contribution in [0.15, 0.2) is 33.8 Å². The predicted molar refractivity (Wildman–Crippen MR) is 83.0 cm³/mol. The molecule has 0 radical (unpaired) electrons. The molecule has 0 amide bonds. The summed E-state index contributed by atoms with van der Waals surface area (Å²) in [6.45, 7) is 3.87. The molecule has 0 atom stereocenters. The van der Waals surface area contributed by atoms with Crippen molar-refractivity contribution in [2.24, 2.45) is 5.10 Å². The number of hydrogen-bond donors (Lipinski definition) is 2. The van der Waals surface area contributed by atoms with Crippen molar-refractivity contribution in [2.45, 2.75) is 13.8 Å². The molecule has 7 nitrogen and oxygen atoms in total. The Morgan fingerprint density at radius 3 is 2.82 bits per heavy atom. The van der Waals surface area contributed by atoms with Crippen LogP contribution >= 0.6 is 0 Å². The Morgan fingerprint density at radius 1 is 1.36 bits per heavy atom. The number of hydrogen-bond acceptors (Lipinski definition) is 6. The van der Waals surface area contributed by atoms with Crippen molar-refractivity contribution < 1.29 is 14.4 Å². The number of rotatable bonds is 6. The van der Waals surface area contributed by atoms with Gasteiger partial charge in [0, 0.05) is 17.2 Å². The van der Waals surface area contributed by atoms with Crippen LogP contribution in [0, 0.1) is 24.0 Å². The summed E-state index contributed by atoms with van der Waals surface area (Å²) < 4.78 is 5.66. The monoisotopic (exact) mass is 303 g/mol. The van der Waals surface area contributed by atoms with Crippen LogP contribution in [0.3, 0.4) is 0 Å². The molecule has 2 N–H and O–H groups in total. The van der Waals surface area contributed by atoms with Crippen molar-refractivity contribution in [1.82, 2.24) is 5.43 Å². The molecular formula is C15H17N3O4. The normalized spacial score (nSPS) is 11.0. The van der Waals surface area contributed by atoms with E-state index >= 15 is 0 Å². The number of nitrogens with zero attached hydrogens (tertiary/aromatic N) is 2. The SMILES string of the molecule is Cc1cc([N+](=O)[O-])c(C)cc1-c1ccc(/C=N/NCCO)o1. The van der Waals surface area contributed by atoms with Gasteiger partial charge in [-0.15, -0.1) is 0 Å². The fourth-order valence-corrected chi connectivity index (χ4v) is 2.05. The van der Waals surface area contributed by atoms with Gasteiger partial charge in [0.25, 0.3) is 5.69 Å². The number of aryl methyl sites for hydroxylation is 2. The highest BCUT2D eigenvalue weighted by molar-refractivity contribution is 5.77. The minimum Gasteiger partial charge on any atom is -0.455 e. The molecule has 0 fully saturated rings. The summed E-state index contributed by atoms with van der Waals surface area (Å²) in [5, 5.41) is 23.5. The molecule has 1 heterocycles. The van der Waals surface area contributed by atoms with E-state index in [9.17, 15) is 10.1 Å². The lowest BCUT2D eigenvalue weighted by atomic mass is 10.0. The number of aliphatic hydroxyl groups excluding tert-OH is 1. The van der Waals surface area contributed by atoms with E-state index in [1.807, 2.05) is 0 Å². The average molecular weight is 303 g/mol. The number of nitrogens with one attached hydrogen (secondary N) is 1. The number of benzene rings is 1. The summed E-state index contributed by atoms with van der Waals surface area (Å²) in [6.07, 6.45) is 1.51. The first kappa shape index (κ1) is 15.7. The quantitative estimate of drug-likeness (QED) is 0.369. The second-order valence-corrected chi connectivity index (χ2v) is 4.80. The van der Waals surface area contributed by atoms with Crippen molar-refractivity contribution >= 4 is 11.9 Å². The van der Waals surface area contributed by atoms with Crippen LogP contribution in [-0.2, 0) is 0 Å². The van der Waals surface area contributed by atoms with Crippen molar-refractivity contribution in [3.8, 4) is 11.3 Å². The molecule has 1 aromatic heterocycles. The van der Waals surface area contributed by atoms with Crippen LogP contribution in [-0.4, -0.2) is 29.4 Å². The summed E-state index contributed by atoms with van der Waals surface area (Å²) in [5.41, 5.74) is 4.93. The van der Waals surface area contributed by atoms with Gasteiger partial charge in [0.15, 0.2) is 0 Å². The van der Waals surface area contributed by atoms with E-state index in [4.69, 9.17) is 9.52 Å². The third kappa shape index (κ3) is 3.50. The lowest BCUT2D eigenvalue weighted by Gasteiger charge is -2.05. The maximum Gasteiger partial charge on any atom is 0.272 e. The Balaban J connectivity index is 2.26. The van der Waals surface area contributed by atoms with Crippen LogP contribution < -0.4 is 5.43 Å². The van der Waals surface area contributed by atoms with Crippen molar-refractivity contribution in [1.29, 1.82) is 0 Å². The van der Waals surface area contributed by atoms with Gasteiger partial charge in [0.1, 0.15) is 11.5 Å². The first-order valence-corrected chi connectivity index (χ1v) is 6.75. The maximum atomic E-state index is 10.9. The molecule has 0 unspecified atom stereocenters. The molecular weight excluding hydrogens is 286 g/mol. The topological polar surface area (TPSA) is 101 Å². The van der Waals surface area contributed by atoms with E-state index in [1.165, 1.54) is 6.21 Å². The van der Waals surface area contributed by atoms with Crippen LogP contribution in [0.5, 0.6) is 0 Å². The number of aliphatic hydroxyl groups is 1. The summed E-state index contributed by atoms with van der Waals surface area (Å²) >= 11 is 0. The minimum atomic E-state index is -0.390. The minimum absolute atomic E-state index is 0.00200. The highest BCUT2D eigenvalue weighted by atomic mass is 16.6. The van der Waals surface area contributed by atoms with Gasteiger partial charge in [-0.2, -0.15) is 5.10 Å². The van der Waals surface area contributed by atoms with Crippen LogP contribution in [0.1, 0.15) is 16.9 Å². The smallest absolute Gasteiger partial charge is 0.272 e. The predicted octanol–water partition coefficient (Wildman–Crippen LogP) is 2.39. The van der Waals surface area contributed by atoms with Gasteiger partial charge < -0.3 is 14.9 Å². The molecule has 0 saturated carbocycles. The molecule has 2 aromatic rings. The highest BCUT2D eigenvalue weighted by Crippen LogP contribution is 2.30. The van der Waals surface area contributed by atoms with Crippen molar-refractivity contribution in [3.05, 3.63) is 51.3 Å². The van der Waals surface area contributed by atoms with Crippen LogP contribution in [0.4, 0.5) is 5.69 Å². The lowest BCUT2D eigenvalue weighted by Crippen LogP contribution is -2.10. The van der Waals surface area contributed by atoms with Crippen LogP contribution in [0.2, 0.25) is 0 Å². The van der Waals surface area contributed by atoms with Gasteiger partial charge in [-0.1, -0.05) is 0 Å². The number of hydrazone groups is 1. The Kier molecular flexibility index (Phi) is 4.90. The molecule has 22 heavy (non-hydrogen) atoms. The molecule has 0 spiro atoms. The number of furan rings is 1. The molecule has 0 saturated heterocycles. The van der Waals surface area contributed by atoms with E-state index < -0.39 is 0 Å². The zero-order chi connectivity index (χ0) is 16.1. The molecule has 0 aliphatic carbocycles. The largest absolute Gasteiger partial charge is 0.455 e. The van der Waals surface area contributed by atoms with E-state index in [0.717, 1.165) is 11.1 Å². The number of nitro groups is 1.